The molecule has 0 saturated heterocycles. The van der Waals surface area contributed by atoms with Gasteiger partial charge in [0.05, 0.1) is 11.5 Å². The minimum Gasteiger partial charge on any atom is -0.468 e. The van der Waals surface area contributed by atoms with Crippen LogP contribution in [0.25, 0.3) is 0 Å². The van der Waals surface area contributed by atoms with E-state index in [1.54, 1.807) is 6.26 Å². The van der Waals surface area contributed by atoms with E-state index < -0.39 is 0 Å². The van der Waals surface area contributed by atoms with Crippen LogP contribution in [0.2, 0.25) is 0 Å². The second-order valence-corrected chi connectivity index (χ2v) is 8.19. The lowest BCUT2D eigenvalue weighted by molar-refractivity contribution is 0.0265. The van der Waals surface area contributed by atoms with Crippen molar-refractivity contribution in [3.63, 3.8) is 0 Å². The fraction of sp³-hybridized carbons (Fsp3) is 0.632. The monoisotopic (exact) mass is 314 g/mol. The van der Waals surface area contributed by atoms with Gasteiger partial charge in [-0.2, -0.15) is 0 Å². The molecule has 2 heterocycles. The summed E-state index contributed by atoms with van der Waals surface area (Å²) in [5.41, 5.74) is 4.32. The maximum Gasteiger partial charge on any atom is 0.341 e. The van der Waals surface area contributed by atoms with Crippen molar-refractivity contribution in [3.05, 3.63) is 34.3 Å². The van der Waals surface area contributed by atoms with Gasteiger partial charge >= 0.3 is 5.97 Å². The molecule has 1 saturated carbocycles. The number of hydrogen-bond donors (Lipinski definition) is 1. The van der Waals surface area contributed by atoms with E-state index in [9.17, 15) is 9.90 Å². The summed E-state index contributed by atoms with van der Waals surface area (Å²) in [5, 5.41) is 10.5. The van der Waals surface area contributed by atoms with E-state index >= 15 is 0 Å². The van der Waals surface area contributed by atoms with Crippen LogP contribution in [0.3, 0.4) is 0 Å². The van der Waals surface area contributed by atoms with Crippen LogP contribution in [-0.4, -0.2) is 23.8 Å². The molecule has 0 aromatic carbocycles. The van der Waals surface area contributed by atoms with Crippen molar-refractivity contribution in [2.24, 2.45) is 11.3 Å². The minimum absolute atomic E-state index is 0.00649. The lowest BCUT2D eigenvalue weighted by atomic mass is 9.57. The van der Waals surface area contributed by atoms with Crippen LogP contribution in [0.4, 0.5) is 0 Å². The number of cyclic esters (lactones) is 1. The first-order valence-corrected chi connectivity index (χ1v) is 8.63. The smallest absolute Gasteiger partial charge is 0.341 e. The zero-order valence-corrected chi connectivity index (χ0v) is 13.6. The molecule has 0 amide bonds. The summed E-state index contributed by atoms with van der Waals surface area (Å²) in [7, 11) is 0. The first-order valence-electron chi connectivity index (χ1n) is 8.63. The second kappa shape index (κ2) is 4.10. The van der Waals surface area contributed by atoms with Gasteiger partial charge in [-0.15, -0.1) is 0 Å². The molecule has 122 valence electrons. The molecule has 4 unspecified atom stereocenters. The molecule has 0 bridgehead atoms. The Balaban J connectivity index is 1.70. The van der Waals surface area contributed by atoms with Crippen molar-refractivity contribution in [2.45, 2.75) is 57.5 Å². The van der Waals surface area contributed by atoms with Crippen molar-refractivity contribution in [3.8, 4) is 0 Å². The van der Waals surface area contributed by atoms with E-state index in [1.807, 2.05) is 0 Å². The zero-order chi connectivity index (χ0) is 16.0. The van der Waals surface area contributed by atoms with Crippen LogP contribution in [0, 0.1) is 11.3 Å². The summed E-state index contributed by atoms with van der Waals surface area (Å²) in [6.07, 6.45) is 6.11. The summed E-state index contributed by atoms with van der Waals surface area (Å²) in [6, 6.07) is 0. The number of carbonyl (C=O) groups excluding carboxylic acids is 1. The van der Waals surface area contributed by atoms with Gasteiger partial charge in [0.15, 0.2) is 0 Å². The molecule has 3 aliphatic carbocycles. The third-order valence-electron chi connectivity index (χ3n) is 7.16. The third-order valence-corrected chi connectivity index (χ3v) is 7.16. The Morgan fingerprint density at radius 3 is 2.96 bits per heavy atom. The average molecular weight is 314 g/mol. The topological polar surface area (TPSA) is 59.7 Å². The molecule has 1 fully saturated rings. The molecule has 4 aliphatic rings. The Morgan fingerprint density at radius 1 is 1.30 bits per heavy atom. The lowest BCUT2D eigenvalue weighted by Crippen LogP contribution is -2.46. The first kappa shape index (κ1) is 13.8. The number of hydrogen-bond acceptors (Lipinski definition) is 4. The molecule has 4 heteroatoms. The molecule has 5 rings (SSSR count). The van der Waals surface area contributed by atoms with Crippen LogP contribution < -0.4 is 0 Å². The molecule has 1 N–H and O–H groups in total. The summed E-state index contributed by atoms with van der Waals surface area (Å²) >= 11 is 0. The van der Waals surface area contributed by atoms with Crippen LogP contribution in [0.1, 0.15) is 61.2 Å². The largest absolute Gasteiger partial charge is 0.468 e. The van der Waals surface area contributed by atoms with E-state index in [2.05, 4.69) is 13.8 Å². The molecule has 1 aromatic heterocycles. The highest BCUT2D eigenvalue weighted by atomic mass is 16.5. The van der Waals surface area contributed by atoms with Gasteiger partial charge < -0.3 is 14.3 Å². The highest BCUT2D eigenvalue weighted by Gasteiger charge is 2.55. The standard InChI is InChI=1S/C19H22O4/c1-18-6-5-13-10(12(18)3-4-15(18)20)7-14-16-11(8-22-14)17(21)23-9-19(13,16)2/h8,12,15,20H,3-7,9H2,1-2H3. The SMILES string of the molecule is CC12COC(=O)c3coc(c31)CC1=C2CCC2(C)C(O)CCC12. The zero-order valence-electron chi connectivity index (χ0n) is 13.6. The van der Waals surface area contributed by atoms with Crippen molar-refractivity contribution in [1.82, 2.24) is 0 Å². The van der Waals surface area contributed by atoms with E-state index in [0.29, 0.717) is 18.1 Å². The molecule has 0 radical (unpaired) electrons. The average Bonchev–Trinajstić information content (AvgIpc) is 3.08. The van der Waals surface area contributed by atoms with Gasteiger partial charge in [-0.25, -0.2) is 4.79 Å². The number of ether oxygens (including phenoxy) is 1. The predicted octanol–water partition coefficient (Wildman–Crippen LogP) is 3.13. The molecular weight excluding hydrogens is 292 g/mol. The first-order chi connectivity index (χ1) is 10.9. The number of esters is 1. The number of allylic oxidation sites excluding steroid dienone is 1. The Labute approximate surface area is 135 Å². The molecule has 1 aliphatic heterocycles. The number of furan rings is 1. The normalized spacial score (nSPS) is 41.3. The van der Waals surface area contributed by atoms with Gasteiger partial charge in [-0.1, -0.05) is 18.1 Å². The number of aliphatic hydroxyl groups excluding tert-OH is 1. The fourth-order valence-electron chi connectivity index (χ4n) is 5.81. The second-order valence-electron chi connectivity index (χ2n) is 8.19. The molecule has 4 nitrogen and oxygen atoms in total. The minimum atomic E-state index is -0.256. The van der Waals surface area contributed by atoms with Crippen molar-refractivity contribution in [1.29, 1.82) is 0 Å². The number of carbonyl (C=O) groups is 1. The molecule has 1 aromatic rings. The van der Waals surface area contributed by atoms with Gasteiger partial charge in [0.2, 0.25) is 0 Å². The summed E-state index contributed by atoms with van der Waals surface area (Å²) in [6.45, 7) is 4.85. The number of fused-ring (bicyclic) bond motifs is 3. The highest BCUT2D eigenvalue weighted by molar-refractivity contribution is 5.93. The van der Waals surface area contributed by atoms with Crippen LogP contribution in [-0.2, 0) is 16.6 Å². The molecule has 23 heavy (non-hydrogen) atoms. The van der Waals surface area contributed by atoms with Gasteiger partial charge in [0.1, 0.15) is 24.2 Å². The third kappa shape index (κ3) is 1.49. The van der Waals surface area contributed by atoms with E-state index in [1.165, 1.54) is 11.1 Å². The van der Waals surface area contributed by atoms with Gasteiger partial charge in [-0.3, -0.25) is 0 Å². The summed E-state index contributed by atoms with van der Waals surface area (Å²) in [4.78, 5) is 12.0. The Morgan fingerprint density at radius 2 is 2.13 bits per heavy atom. The van der Waals surface area contributed by atoms with Crippen LogP contribution in [0.15, 0.2) is 21.8 Å². The quantitative estimate of drug-likeness (QED) is 0.590. The Kier molecular flexibility index (Phi) is 2.47. The van der Waals surface area contributed by atoms with Crippen LogP contribution >= 0.6 is 0 Å². The number of rotatable bonds is 0. The highest BCUT2D eigenvalue weighted by Crippen LogP contribution is 2.60. The molecule has 4 atom stereocenters. The van der Waals surface area contributed by atoms with Crippen molar-refractivity contribution >= 4 is 5.97 Å². The Hall–Kier alpha value is -1.55. The van der Waals surface area contributed by atoms with Crippen molar-refractivity contribution < 1.29 is 19.1 Å². The van der Waals surface area contributed by atoms with Gasteiger partial charge in [0, 0.05) is 17.4 Å². The summed E-state index contributed by atoms with van der Waals surface area (Å²) in [5.74, 6) is 1.11. The fourth-order valence-corrected chi connectivity index (χ4v) is 5.81. The lowest BCUT2D eigenvalue weighted by Gasteiger charge is -2.48. The Bertz CT molecular complexity index is 757. The molecular formula is C19H22O4. The number of aliphatic hydroxyl groups is 1. The van der Waals surface area contributed by atoms with E-state index in [0.717, 1.165) is 43.4 Å². The van der Waals surface area contributed by atoms with E-state index in [-0.39, 0.29) is 22.9 Å². The maximum atomic E-state index is 12.0. The van der Waals surface area contributed by atoms with E-state index in [4.69, 9.17) is 9.15 Å². The predicted molar refractivity (Wildman–Crippen MR) is 83.1 cm³/mol. The maximum absolute atomic E-state index is 12.0. The van der Waals surface area contributed by atoms with Gasteiger partial charge in [0.25, 0.3) is 0 Å². The van der Waals surface area contributed by atoms with Crippen molar-refractivity contribution in [2.75, 3.05) is 6.61 Å². The van der Waals surface area contributed by atoms with Crippen LogP contribution in [0.5, 0.6) is 0 Å². The summed E-state index contributed by atoms with van der Waals surface area (Å²) < 4.78 is 11.3. The van der Waals surface area contributed by atoms with Gasteiger partial charge in [-0.05, 0) is 38.5 Å². The molecule has 0 spiro atoms.